The molecule has 3 aromatic rings. The van der Waals surface area contributed by atoms with Gasteiger partial charge in [0.05, 0.1) is 26.7 Å². The minimum Gasteiger partial charge on any atom is -0.256 e. The minimum absolute atomic E-state index is 0.279. The van der Waals surface area contributed by atoms with Crippen molar-refractivity contribution in [2.24, 2.45) is 0 Å². The number of rotatable bonds is 2. The van der Waals surface area contributed by atoms with Crippen molar-refractivity contribution in [3.8, 4) is 11.1 Å². The average Bonchev–Trinajstić information content (AvgIpc) is 2.52. The zero-order valence-electron chi connectivity index (χ0n) is 12.9. The van der Waals surface area contributed by atoms with Crippen molar-refractivity contribution in [2.45, 2.75) is 6.92 Å². The van der Waals surface area contributed by atoms with Crippen LogP contribution < -0.4 is 5.44 Å². The smallest absolute Gasteiger partial charge is 0.133 e. The van der Waals surface area contributed by atoms with Gasteiger partial charge in [0.2, 0.25) is 0 Å². The van der Waals surface area contributed by atoms with Crippen LogP contribution in [0.3, 0.4) is 0 Å². The quantitative estimate of drug-likeness (QED) is 0.566. The Labute approximate surface area is 145 Å². The van der Waals surface area contributed by atoms with Crippen molar-refractivity contribution in [1.29, 1.82) is 0 Å². The molecule has 0 N–H and O–H groups in total. The van der Waals surface area contributed by atoms with E-state index < -0.39 is 0 Å². The molecule has 0 unspecified atom stereocenters. The predicted octanol–water partition coefficient (Wildman–Crippen LogP) is 5.42. The van der Waals surface area contributed by atoms with Crippen molar-refractivity contribution in [2.75, 3.05) is 13.3 Å². The molecular formula is C17H14Cl2FN2P. The number of halogens is 3. The third-order valence-corrected chi connectivity index (χ3v) is 5.77. The topological polar surface area (TPSA) is 25.8 Å². The zero-order chi connectivity index (χ0) is 16.7. The Hall–Kier alpha value is -1.28. The Balaban J connectivity index is 2.19. The van der Waals surface area contributed by atoms with Gasteiger partial charge < -0.3 is 0 Å². The molecule has 0 aliphatic heterocycles. The van der Waals surface area contributed by atoms with Gasteiger partial charge in [-0.05, 0) is 32.4 Å². The maximum Gasteiger partial charge on any atom is 0.133 e. The molecule has 0 bridgehead atoms. The SMILES string of the molecule is Cc1nc2cc(F)c(-c3ccc(P(C)C)nc3)cc2c(Cl)c1Cl. The number of benzene rings is 1. The van der Waals surface area contributed by atoms with E-state index in [2.05, 4.69) is 23.3 Å². The van der Waals surface area contributed by atoms with E-state index in [4.69, 9.17) is 23.2 Å². The number of hydrogen-bond donors (Lipinski definition) is 0. The van der Waals surface area contributed by atoms with Gasteiger partial charge in [0.1, 0.15) is 5.82 Å². The fourth-order valence-electron chi connectivity index (χ4n) is 2.37. The lowest BCUT2D eigenvalue weighted by Gasteiger charge is -2.10. The van der Waals surface area contributed by atoms with Crippen LogP contribution in [-0.2, 0) is 0 Å². The molecule has 1 aromatic carbocycles. The van der Waals surface area contributed by atoms with Crippen LogP contribution >= 0.6 is 31.1 Å². The molecule has 0 saturated heterocycles. The molecule has 2 heterocycles. The highest BCUT2D eigenvalue weighted by molar-refractivity contribution is 7.63. The lowest BCUT2D eigenvalue weighted by molar-refractivity contribution is 0.632. The van der Waals surface area contributed by atoms with Gasteiger partial charge in [-0.3, -0.25) is 9.97 Å². The van der Waals surface area contributed by atoms with Crippen LogP contribution in [0.1, 0.15) is 5.69 Å². The Morgan fingerprint density at radius 1 is 1.09 bits per heavy atom. The first-order valence-electron chi connectivity index (χ1n) is 6.97. The van der Waals surface area contributed by atoms with Crippen LogP contribution in [0.2, 0.25) is 10.0 Å². The van der Waals surface area contributed by atoms with E-state index in [1.165, 1.54) is 6.07 Å². The summed E-state index contributed by atoms with van der Waals surface area (Å²) < 4.78 is 14.5. The van der Waals surface area contributed by atoms with Crippen LogP contribution in [0, 0.1) is 12.7 Å². The highest BCUT2D eigenvalue weighted by Crippen LogP contribution is 2.35. The van der Waals surface area contributed by atoms with Crippen LogP contribution in [0.5, 0.6) is 0 Å². The number of hydrogen-bond acceptors (Lipinski definition) is 2. The second-order valence-corrected chi connectivity index (χ2v) is 8.48. The summed E-state index contributed by atoms with van der Waals surface area (Å²) in [5.41, 5.74) is 3.26. The molecule has 23 heavy (non-hydrogen) atoms. The summed E-state index contributed by atoms with van der Waals surface area (Å²) in [7, 11) is -0.279. The summed E-state index contributed by atoms with van der Waals surface area (Å²) in [6, 6.07) is 6.89. The zero-order valence-corrected chi connectivity index (χ0v) is 15.3. The van der Waals surface area contributed by atoms with E-state index in [1.54, 1.807) is 19.2 Å². The fraction of sp³-hybridized carbons (Fsp3) is 0.176. The van der Waals surface area contributed by atoms with E-state index in [0.29, 0.717) is 37.8 Å². The number of fused-ring (bicyclic) bond motifs is 1. The molecule has 118 valence electrons. The van der Waals surface area contributed by atoms with E-state index in [0.717, 1.165) is 5.44 Å². The molecule has 2 aromatic heterocycles. The van der Waals surface area contributed by atoms with Gasteiger partial charge in [-0.25, -0.2) is 4.39 Å². The van der Waals surface area contributed by atoms with Crippen LogP contribution in [-0.4, -0.2) is 23.3 Å². The second kappa shape index (κ2) is 6.32. The summed E-state index contributed by atoms with van der Waals surface area (Å²) in [6.07, 6.45) is 1.69. The first kappa shape index (κ1) is 16.6. The van der Waals surface area contributed by atoms with Gasteiger partial charge >= 0.3 is 0 Å². The Morgan fingerprint density at radius 2 is 1.83 bits per heavy atom. The van der Waals surface area contributed by atoms with Gasteiger partial charge in [-0.1, -0.05) is 37.2 Å². The van der Waals surface area contributed by atoms with Gasteiger partial charge in [-0.2, -0.15) is 0 Å². The molecule has 0 fully saturated rings. The number of aromatic nitrogens is 2. The maximum atomic E-state index is 14.5. The van der Waals surface area contributed by atoms with E-state index in [9.17, 15) is 4.39 Å². The first-order valence-corrected chi connectivity index (χ1v) is 9.96. The first-order chi connectivity index (χ1) is 10.9. The van der Waals surface area contributed by atoms with Crippen LogP contribution in [0.15, 0.2) is 30.5 Å². The third-order valence-electron chi connectivity index (χ3n) is 3.64. The van der Waals surface area contributed by atoms with Gasteiger partial charge in [-0.15, -0.1) is 0 Å². The van der Waals surface area contributed by atoms with Crippen LogP contribution in [0.4, 0.5) is 4.39 Å². The van der Waals surface area contributed by atoms with Crippen molar-refractivity contribution >= 4 is 47.5 Å². The molecule has 6 heteroatoms. The van der Waals surface area contributed by atoms with E-state index in [-0.39, 0.29) is 13.7 Å². The standard InChI is InChI=1S/C17H14Cl2FN2P/c1-9-16(18)17(19)12-6-11(13(20)7-14(12)22-9)10-4-5-15(21-8-10)23(2)3/h4-8H,1-3H3. The molecule has 0 radical (unpaired) electrons. The Morgan fingerprint density at radius 3 is 2.43 bits per heavy atom. The molecular weight excluding hydrogens is 353 g/mol. The third kappa shape index (κ3) is 3.06. The van der Waals surface area contributed by atoms with Crippen molar-refractivity contribution in [1.82, 2.24) is 9.97 Å². The average molecular weight is 367 g/mol. The Kier molecular flexibility index (Phi) is 4.55. The van der Waals surface area contributed by atoms with Gasteiger partial charge in [0.15, 0.2) is 0 Å². The minimum atomic E-state index is -0.354. The van der Waals surface area contributed by atoms with Crippen LogP contribution in [0.25, 0.3) is 22.0 Å². The van der Waals surface area contributed by atoms with E-state index >= 15 is 0 Å². The predicted molar refractivity (Wildman–Crippen MR) is 98.1 cm³/mol. The highest BCUT2D eigenvalue weighted by Gasteiger charge is 2.14. The van der Waals surface area contributed by atoms with E-state index in [1.807, 2.05) is 12.1 Å². The van der Waals surface area contributed by atoms with Gasteiger partial charge in [0.25, 0.3) is 0 Å². The summed E-state index contributed by atoms with van der Waals surface area (Å²) in [5, 5.41) is 1.43. The van der Waals surface area contributed by atoms with Crippen molar-refractivity contribution < 1.29 is 4.39 Å². The molecule has 0 spiro atoms. The van der Waals surface area contributed by atoms with Crippen molar-refractivity contribution in [3.05, 3.63) is 52.0 Å². The largest absolute Gasteiger partial charge is 0.256 e. The lowest BCUT2D eigenvalue weighted by Crippen LogP contribution is -2.04. The lowest BCUT2D eigenvalue weighted by atomic mass is 10.0. The molecule has 0 amide bonds. The molecule has 0 atom stereocenters. The molecule has 2 nitrogen and oxygen atoms in total. The second-order valence-electron chi connectivity index (χ2n) is 5.47. The summed E-state index contributed by atoms with van der Waals surface area (Å²) in [5.74, 6) is -0.354. The summed E-state index contributed by atoms with van der Waals surface area (Å²) in [6.45, 7) is 6.00. The summed E-state index contributed by atoms with van der Waals surface area (Å²) >= 11 is 12.5. The van der Waals surface area contributed by atoms with Gasteiger partial charge in [0, 0.05) is 28.8 Å². The molecule has 0 aliphatic rings. The summed E-state index contributed by atoms with van der Waals surface area (Å²) in [4.78, 5) is 8.72. The Bertz CT molecular complexity index is 895. The fourth-order valence-corrected chi connectivity index (χ4v) is 3.46. The highest BCUT2D eigenvalue weighted by atomic mass is 35.5. The number of nitrogens with zero attached hydrogens (tertiary/aromatic N) is 2. The number of aryl methyl sites for hydroxylation is 1. The molecule has 0 aliphatic carbocycles. The maximum absolute atomic E-state index is 14.5. The normalized spacial score (nSPS) is 11.4. The molecule has 3 rings (SSSR count). The van der Waals surface area contributed by atoms with Crippen molar-refractivity contribution in [3.63, 3.8) is 0 Å². The number of pyridine rings is 2. The monoisotopic (exact) mass is 366 g/mol. The molecule has 0 saturated carbocycles.